The van der Waals surface area contributed by atoms with Gasteiger partial charge in [0, 0.05) is 6.04 Å². The lowest BCUT2D eigenvalue weighted by Gasteiger charge is -2.22. The number of aliphatic carboxylic acids is 1. The van der Waals surface area contributed by atoms with Gasteiger partial charge in [-0.05, 0) is 23.4 Å². The van der Waals surface area contributed by atoms with Crippen LogP contribution in [0.25, 0.3) is 10.8 Å². The molecule has 0 aliphatic heterocycles. The lowest BCUT2D eigenvalue weighted by atomic mass is 9.91. The van der Waals surface area contributed by atoms with Crippen molar-refractivity contribution < 1.29 is 9.90 Å². The summed E-state index contributed by atoms with van der Waals surface area (Å²) in [5.41, 5.74) is 1.03. The fourth-order valence-corrected chi connectivity index (χ4v) is 2.34. The molecule has 0 radical (unpaired) electrons. The maximum atomic E-state index is 11.2. The molecule has 2 aromatic carbocycles. The highest BCUT2D eigenvalue weighted by atomic mass is 16.4. The first-order valence-electron chi connectivity index (χ1n) is 6.03. The van der Waals surface area contributed by atoms with E-state index >= 15 is 0 Å². The molecule has 0 spiro atoms. The molecule has 0 saturated heterocycles. The zero-order valence-corrected chi connectivity index (χ0v) is 10.6. The van der Waals surface area contributed by atoms with Crippen LogP contribution in [-0.2, 0) is 4.79 Å². The van der Waals surface area contributed by atoms with Crippen LogP contribution in [0.4, 0.5) is 0 Å². The molecule has 0 fully saturated rings. The van der Waals surface area contributed by atoms with Crippen LogP contribution in [0.1, 0.15) is 18.5 Å². The van der Waals surface area contributed by atoms with Crippen LogP contribution in [0, 0.1) is 5.92 Å². The van der Waals surface area contributed by atoms with Crippen molar-refractivity contribution in [1.29, 1.82) is 0 Å². The molecule has 2 unspecified atom stereocenters. The third kappa shape index (κ3) is 2.22. The minimum absolute atomic E-state index is 0.186. The quantitative estimate of drug-likeness (QED) is 0.868. The predicted octanol–water partition coefficient (Wildman–Crippen LogP) is 2.82. The van der Waals surface area contributed by atoms with Crippen LogP contribution in [0.5, 0.6) is 0 Å². The summed E-state index contributed by atoms with van der Waals surface area (Å²) < 4.78 is 0. The number of benzene rings is 2. The first kappa shape index (κ1) is 12.6. The lowest BCUT2D eigenvalue weighted by molar-refractivity contribution is -0.142. The molecule has 0 aliphatic rings. The van der Waals surface area contributed by atoms with Crippen molar-refractivity contribution in [2.75, 3.05) is 7.05 Å². The summed E-state index contributed by atoms with van der Waals surface area (Å²) in [6.45, 7) is 1.73. The number of nitrogens with one attached hydrogen (secondary N) is 1. The molecule has 0 heterocycles. The Hall–Kier alpha value is -1.87. The summed E-state index contributed by atoms with van der Waals surface area (Å²) >= 11 is 0. The zero-order chi connectivity index (χ0) is 13.1. The fourth-order valence-electron chi connectivity index (χ4n) is 2.34. The predicted molar refractivity (Wildman–Crippen MR) is 72.5 cm³/mol. The molecule has 18 heavy (non-hydrogen) atoms. The van der Waals surface area contributed by atoms with E-state index in [0.717, 1.165) is 16.3 Å². The van der Waals surface area contributed by atoms with E-state index < -0.39 is 11.9 Å². The van der Waals surface area contributed by atoms with Crippen LogP contribution in [0.3, 0.4) is 0 Å². The lowest BCUT2D eigenvalue weighted by Crippen LogP contribution is -2.28. The molecule has 0 amide bonds. The zero-order valence-electron chi connectivity index (χ0n) is 10.6. The summed E-state index contributed by atoms with van der Waals surface area (Å²) in [7, 11) is 1.80. The SMILES string of the molecule is CNC(c1cccc2ccccc12)C(C)C(=O)O. The second-order valence-electron chi connectivity index (χ2n) is 4.46. The molecule has 3 nitrogen and oxygen atoms in total. The van der Waals surface area contributed by atoms with Gasteiger partial charge in [-0.2, -0.15) is 0 Å². The molecule has 94 valence electrons. The van der Waals surface area contributed by atoms with Crippen LogP contribution in [0.2, 0.25) is 0 Å². The monoisotopic (exact) mass is 243 g/mol. The summed E-state index contributed by atoms with van der Waals surface area (Å²) in [5.74, 6) is -1.26. The maximum Gasteiger partial charge on any atom is 0.308 e. The van der Waals surface area contributed by atoms with Crippen LogP contribution in [0.15, 0.2) is 42.5 Å². The molecule has 2 N–H and O–H groups in total. The van der Waals surface area contributed by atoms with Gasteiger partial charge in [0.1, 0.15) is 0 Å². The first-order valence-corrected chi connectivity index (χ1v) is 6.03. The Morgan fingerprint density at radius 3 is 2.50 bits per heavy atom. The molecule has 0 aromatic heterocycles. The molecular formula is C15H17NO2. The molecule has 2 aromatic rings. The van der Waals surface area contributed by atoms with Crippen molar-refractivity contribution in [3.63, 3.8) is 0 Å². The van der Waals surface area contributed by atoms with Gasteiger partial charge in [-0.25, -0.2) is 0 Å². The van der Waals surface area contributed by atoms with Crippen LogP contribution >= 0.6 is 0 Å². The highest BCUT2D eigenvalue weighted by molar-refractivity contribution is 5.86. The van der Waals surface area contributed by atoms with Crippen molar-refractivity contribution in [2.45, 2.75) is 13.0 Å². The largest absolute Gasteiger partial charge is 0.481 e. The fraction of sp³-hybridized carbons (Fsp3) is 0.267. The second kappa shape index (κ2) is 5.19. The smallest absolute Gasteiger partial charge is 0.308 e. The average Bonchev–Trinajstić information content (AvgIpc) is 2.39. The standard InChI is InChI=1S/C15H17NO2/c1-10(15(17)18)14(16-2)13-9-5-7-11-6-3-4-8-12(11)13/h3-10,14,16H,1-2H3,(H,17,18). The van der Waals surface area contributed by atoms with Gasteiger partial charge in [0.05, 0.1) is 5.92 Å². The van der Waals surface area contributed by atoms with Crippen molar-refractivity contribution in [3.05, 3.63) is 48.0 Å². The Morgan fingerprint density at radius 1 is 1.17 bits per heavy atom. The van der Waals surface area contributed by atoms with Gasteiger partial charge in [0.15, 0.2) is 0 Å². The van der Waals surface area contributed by atoms with Gasteiger partial charge in [0.2, 0.25) is 0 Å². The van der Waals surface area contributed by atoms with Gasteiger partial charge in [-0.15, -0.1) is 0 Å². The molecule has 0 bridgehead atoms. The Labute approximate surface area is 106 Å². The summed E-state index contributed by atoms with van der Waals surface area (Å²) in [6.07, 6.45) is 0. The highest BCUT2D eigenvalue weighted by Gasteiger charge is 2.24. The van der Waals surface area contributed by atoms with Gasteiger partial charge in [-0.1, -0.05) is 49.4 Å². The highest BCUT2D eigenvalue weighted by Crippen LogP contribution is 2.28. The molecule has 2 atom stereocenters. The molecular weight excluding hydrogens is 226 g/mol. The van der Waals surface area contributed by atoms with Crippen molar-refractivity contribution in [2.24, 2.45) is 5.92 Å². The van der Waals surface area contributed by atoms with Gasteiger partial charge in [0.25, 0.3) is 0 Å². The van der Waals surface area contributed by atoms with E-state index in [0.29, 0.717) is 0 Å². The van der Waals surface area contributed by atoms with E-state index in [1.165, 1.54) is 0 Å². The number of carbonyl (C=O) groups is 1. The summed E-state index contributed by atoms with van der Waals surface area (Å²) in [5, 5.41) is 14.5. The summed E-state index contributed by atoms with van der Waals surface area (Å²) in [6, 6.07) is 13.8. The van der Waals surface area contributed by atoms with E-state index in [1.54, 1.807) is 14.0 Å². The molecule has 0 saturated carbocycles. The van der Waals surface area contributed by atoms with E-state index in [4.69, 9.17) is 0 Å². The number of hydrogen-bond acceptors (Lipinski definition) is 2. The van der Waals surface area contributed by atoms with Gasteiger partial charge < -0.3 is 10.4 Å². The minimum atomic E-state index is -0.790. The third-order valence-electron chi connectivity index (χ3n) is 3.36. The summed E-state index contributed by atoms with van der Waals surface area (Å²) in [4.78, 5) is 11.2. The number of rotatable bonds is 4. The Kier molecular flexibility index (Phi) is 3.63. The topological polar surface area (TPSA) is 49.3 Å². The molecule has 0 aliphatic carbocycles. The van der Waals surface area contributed by atoms with E-state index in [1.807, 2.05) is 42.5 Å². The Bertz CT molecular complexity index is 560. The average molecular weight is 243 g/mol. The number of carboxylic acid groups (broad SMARTS) is 1. The number of fused-ring (bicyclic) bond motifs is 1. The van der Waals surface area contributed by atoms with Crippen LogP contribution < -0.4 is 5.32 Å². The van der Waals surface area contributed by atoms with Gasteiger partial charge >= 0.3 is 5.97 Å². The second-order valence-corrected chi connectivity index (χ2v) is 4.46. The number of carboxylic acids is 1. The van der Waals surface area contributed by atoms with E-state index in [-0.39, 0.29) is 6.04 Å². The Morgan fingerprint density at radius 2 is 1.83 bits per heavy atom. The maximum absolute atomic E-state index is 11.2. The van der Waals surface area contributed by atoms with Gasteiger partial charge in [-0.3, -0.25) is 4.79 Å². The minimum Gasteiger partial charge on any atom is -0.481 e. The van der Waals surface area contributed by atoms with Crippen molar-refractivity contribution in [1.82, 2.24) is 5.32 Å². The Balaban J connectivity index is 2.55. The normalized spacial score (nSPS) is 14.3. The van der Waals surface area contributed by atoms with Crippen molar-refractivity contribution in [3.8, 4) is 0 Å². The number of hydrogen-bond donors (Lipinski definition) is 2. The van der Waals surface area contributed by atoms with Crippen LogP contribution in [-0.4, -0.2) is 18.1 Å². The molecule has 2 rings (SSSR count). The first-order chi connectivity index (χ1) is 8.65. The van der Waals surface area contributed by atoms with E-state index in [2.05, 4.69) is 5.32 Å². The van der Waals surface area contributed by atoms with Crippen molar-refractivity contribution >= 4 is 16.7 Å². The molecule has 3 heteroatoms. The third-order valence-corrected chi connectivity index (χ3v) is 3.36. The van der Waals surface area contributed by atoms with E-state index in [9.17, 15) is 9.90 Å².